The average Bonchev–Trinajstić information content (AvgIpc) is 2.26. The van der Waals surface area contributed by atoms with E-state index in [0.717, 1.165) is 29.9 Å². The number of rotatable bonds is 5. The van der Waals surface area contributed by atoms with E-state index >= 15 is 0 Å². The van der Waals surface area contributed by atoms with Crippen LogP contribution in [0, 0.1) is 0 Å². The summed E-state index contributed by atoms with van der Waals surface area (Å²) in [5.74, 6) is 0.883. The summed E-state index contributed by atoms with van der Waals surface area (Å²) < 4.78 is 5.55. The first-order valence-corrected chi connectivity index (χ1v) is 5.72. The molecule has 2 heteroatoms. The molecule has 0 spiro atoms. The lowest BCUT2D eigenvalue weighted by atomic mass is 10.1. The second-order valence-corrected chi connectivity index (χ2v) is 3.99. The van der Waals surface area contributed by atoms with Crippen LogP contribution in [0.3, 0.4) is 0 Å². The van der Waals surface area contributed by atoms with Crippen molar-refractivity contribution in [2.45, 2.75) is 33.3 Å². The molecule has 1 N–H and O–H groups in total. The monoisotopic (exact) mass is 220 g/mol. The highest BCUT2D eigenvalue weighted by Gasteiger charge is 1.99. The van der Waals surface area contributed by atoms with Crippen LogP contribution in [0.5, 0.6) is 5.75 Å². The largest absolute Gasteiger partial charge is 0.494 e. The maximum atomic E-state index is 9.39. The van der Waals surface area contributed by atoms with Crippen LogP contribution in [0.25, 0.3) is 6.08 Å². The fraction of sp³-hybridized carbons (Fsp3) is 0.429. The molecule has 1 aromatic rings. The van der Waals surface area contributed by atoms with E-state index in [9.17, 15) is 5.11 Å². The van der Waals surface area contributed by atoms with Gasteiger partial charge in [0.2, 0.25) is 0 Å². The Morgan fingerprint density at radius 1 is 1.50 bits per heavy atom. The minimum atomic E-state index is -0.403. The van der Waals surface area contributed by atoms with Crippen molar-refractivity contribution in [3.63, 3.8) is 0 Å². The van der Waals surface area contributed by atoms with Gasteiger partial charge in [0.05, 0.1) is 12.7 Å². The standard InChI is InChI=1S/C14H20O2/c1-4-8-16-14-7-5-6-13(10-14)9-11(2)12(3)15/h5-7,9-10,12,15H,4,8H2,1-3H3/b11-9-. The van der Waals surface area contributed by atoms with Gasteiger partial charge < -0.3 is 9.84 Å². The van der Waals surface area contributed by atoms with Gasteiger partial charge in [-0.05, 0) is 43.5 Å². The highest BCUT2D eigenvalue weighted by molar-refractivity contribution is 5.55. The molecule has 0 radical (unpaired) electrons. The molecule has 1 rings (SSSR count). The predicted molar refractivity (Wildman–Crippen MR) is 67.6 cm³/mol. The zero-order valence-corrected chi connectivity index (χ0v) is 10.2. The maximum absolute atomic E-state index is 9.39. The van der Waals surface area contributed by atoms with E-state index in [1.165, 1.54) is 0 Å². The van der Waals surface area contributed by atoms with Gasteiger partial charge in [-0.25, -0.2) is 0 Å². The lowest BCUT2D eigenvalue weighted by molar-refractivity contribution is 0.232. The van der Waals surface area contributed by atoms with Crippen molar-refractivity contribution < 1.29 is 9.84 Å². The summed E-state index contributed by atoms with van der Waals surface area (Å²) >= 11 is 0. The van der Waals surface area contributed by atoms with Crippen LogP contribution >= 0.6 is 0 Å². The highest BCUT2D eigenvalue weighted by Crippen LogP contribution is 2.17. The molecular formula is C14H20O2. The fourth-order valence-electron chi connectivity index (χ4n) is 1.30. The van der Waals surface area contributed by atoms with Crippen molar-refractivity contribution >= 4 is 6.08 Å². The Morgan fingerprint density at radius 3 is 2.88 bits per heavy atom. The summed E-state index contributed by atoms with van der Waals surface area (Å²) in [6.45, 7) is 6.51. The van der Waals surface area contributed by atoms with Crippen LogP contribution in [-0.2, 0) is 0 Å². The van der Waals surface area contributed by atoms with E-state index in [2.05, 4.69) is 6.92 Å². The molecule has 0 aliphatic carbocycles. The van der Waals surface area contributed by atoms with Gasteiger partial charge in [0, 0.05) is 0 Å². The van der Waals surface area contributed by atoms with E-state index in [1.54, 1.807) is 6.92 Å². The van der Waals surface area contributed by atoms with Gasteiger partial charge in [-0.2, -0.15) is 0 Å². The molecule has 16 heavy (non-hydrogen) atoms. The predicted octanol–water partition coefficient (Wildman–Crippen LogP) is 3.26. The second-order valence-electron chi connectivity index (χ2n) is 3.99. The number of ether oxygens (including phenoxy) is 1. The summed E-state index contributed by atoms with van der Waals surface area (Å²) in [7, 11) is 0. The molecule has 0 fully saturated rings. The summed E-state index contributed by atoms with van der Waals surface area (Å²) in [6.07, 6.45) is 2.58. The van der Waals surface area contributed by atoms with Crippen molar-refractivity contribution in [1.82, 2.24) is 0 Å². The lowest BCUT2D eigenvalue weighted by Crippen LogP contribution is -2.00. The second kappa shape index (κ2) is 6.33. The molecule has 0 amide bonds. The Labute approximate surface area is 97.6 Å². The zero-order chi connectivity index (χ0) is 12.0. The quantitative estimate of drug-likeness (QED) is 0.825. The molecule has 0 saturated carbocycles. The molecule has 0 aliphatic rings. The van der Waals surface area contributed by atoms with E-state index < -0.39 is 6.10 Å². The van der Waals surface area contributed by atoms with Gasteiger partial charge in [-0.1, -0.05) is 25.1 Å². The SMILES string of the molecule is CCCOc1cccc(/C=C(/C)C(C)O)c1. The van der Waals surface area contributed by atoms with Crippen molar-refractivity contribution in [1.29, 1.82) is 0 Å². The smallest absolute Gasteiger partial charge is 0.119 e. The maximum Gasteiger partial charge on any atom is 0.119 e. The van der Waals surface area contributed by atoms with E-state index in [-0.39, 0.29) is 0 Å². The fourth-order valence-corrected chi connectivity index (χ4v) is 1.30. The van der Waals surface area contributed by atoms with Crippen LogP contribution in [0.4, 0.5) is 0 Å². The summed E-state index contributed by atoms with van der Waals surface area (Å²) in [5, 5.41) is 9.39. The van der Waals surface area contributed by atoms with Crippen LogP contribution in [0.2, 0.25) is 0 Å². The Morgan fingerprint density at radius 2 is 2.25 bits per heavy atom. The van der Waals surface area contributed by atoms with Crippen LogP contribution in [-0.4, -0.2) is 17.8 Å². The van der Waals surface area contributed by atoms with Gasteiger partial charge >= 0.3 is 0 Å². The molecule has 0 heterocycles. The van der Waals surface area contributed by atoms with Crippen molar-refractivity contribution in [3.8, 4) is 5.75 Å². The Balaban J connectivity index is 2.78. The Kier molecular flexibility index (Phi) is 5.06. The van der Waals surface area contributed by atoms with E-state index in [0.29, 0.717) is 0 Å². The third-order valence-electron chi connectivity index (χ3n) is 2.38. The molecule has 1 atom stereocenters. The van der Waals surface area contributed by atoms with E-state index in [4.69, 9.17) is 4.74 Å². The van der Waals surface area contributed by atoms with Gasteiger partial charge in [0.25, 0.3) is 0 Å². The van der Waals surface area contributed by atoms with Crippen LogP contribution < -0.4 is 4.74 Å². The Bertz CT molecular complexity index is 354. The molecular weight excluding hydrogens is 200 g/mol. The first-order valence-electron chi connectivity index (χ1n) is 5.72. The zero-order valence-electron chi connectivity index (χ0n) is 10.2. The summed E-state index contributed by atoms with van der Waals surface area (Å²) in [4.78, 5) is 0. The summed E-state index contributed by atoms with van der Waals surface area (Å²) in [5.41, 5.74) is 2.01. The van der Waals surface area contributed by atoms with E-state index in [1.807, 2.05) is 37.3 Å². The number of aliphatic hydroxyl groups is 1. The third kappa shape index (κ3) is 4.07. The van der Waals surface area contributed by atoms with Gasteiger partial charge in [0.1, 0.15) is 5.75 Å². The van der Waals surface area contributed by atoms with Crippen molar-refractivity contribution in [2.75, 3.05) is 6.61 Å². The number of benzene rings is 1. The molecule has 88 valence electrons. The average molecular weight is 220 g/mol. The Hall–Kier alpha value is -1.28. The number of aliphatic hydroxyl groups excluding tert-OH is 1. The molecule has 0 aromatic heterocycles. The lowest BCUT2D eigenvalue weighted by Gasteiger charge is -2.07. The number of hydrogen-bond acceptors (Lipinski definition) is 2. The summed E-state index contributed by atoms with van der Waals surface area (Å²) in [6, 6.07) is 7.91. The first-order chi connectivity index (χ1) is 7.63. The van der Waals surface area contributed by atoms with Crippen molar-refractivity contribution in [3.05, 3.63) is 35.4 Å². The van der Waals surface area contributed by atoms with Gasteiger partial charge in [-0.3, -0.25) is 0 Å². The topological polar surface area (TPSA) is 29.5 Å². The van der Waals surface area contributed by atoms with Gasteiger partial charge in [-0.15, -0.1) is 0 Å². The molecule has 1 aromatic carbocycles. The van der Waals surface area contributed by atoms with Gasteiger partial charge in [0.15, 0.2) is 0 Å². The highest BCUT2D eigenvalue weighted by atomic mass is 16.5. The van der Waals surface area contributed by atoms with Crippen LogP contribution in [0.15, 0.2) is 29.8 Å². The normalized spacial score (nSPS) is 13.6. The van der Waals surface area contributed by atoms with Crippen LogP contribution in [0.1, 0.15) is 32.8 Å². The first kappa shape index (κ1) is 12.8. The van der Waals surface area contributed by atoms with Crippen molar-refractivity contribution in [2.24, 2.45) is 0 Å². The minimum Gasteiger partial charge on any atom is -0.494 e. The molecule has 0 saturated heterocycles. The molecule has 0 aliphatic heterocycles. The number of hydrogen-bond donors (Lipinski definition) is 1. The third-order valence-corrected chi connectivity index (χ3v) is 2.38. The molecule has 1 unspecified atom stereocenters. The minimum absolute atomic E-state index is 0.403. The molecule has 0 bridgehead atoms. The molecule has 2 nitrogen and oxygen atoms in total.